The van der Waals surface area contributed by atoms with Crippen molar-refractivity contribution in [1.82, 2.24) is 4.90 Å². The SMILES string of the molecule is CCOc1ccc(C(O)=C2C(=O)C(=O)N(CCOC)C2c2cccc(OCCC(C)C)c2)cc1. The fourth-order valence-electron chi connectivity index (χ4n) is 3.86. The van der Waals surface area contributed by atoms with E-state index in [2.05, 4.69) is 13.8 Å². The molecular formula is C27H33NO6. The molecule has 1 N–H and O–H groups in total. The topological polar surface area (TPSA) is 85.3 Å². The van der Waals surface area contributed by atoms with Gasteiger partial charge in [0, 0.05) is 19.2 Å². The minimum Gasteiger partial charge on any atom is -0.507 e. The zero-order chi connectivity index (χ0) is 24.7. The monoisotopic (exact) mass is 467 g/mol. The minimum absolute atomic E-state index is 0.0459. The van der Waals surface area contributed by atoms with Crippen LogP contribution in [-0.2, 0) is 14.3 Å². The summed E-state index contributed by atoms with van der Waals surface area (Å²) in [5.41, 5.74) is 1.16. The predicted molar refractivity (Wildman–Crippen MR) is 130 cm³/mol. The summed E-state index contributed by atoms with van der Waals surface area (Å²) in [7, 11) is 1.54. The highest BCUT2D eigenvalue weighted by Gasteiger charge is 2.46. The molecule has 1 amide bonds. The number of ketones is 1. The molecule has 0 spiro atoms. The van der Waals surface area contributed by atoms with Gasteiger partial charge in [0.15, 0.2) is 0 Å². The normalized spacial score (nSPS) is 17.4. The molecule has 1 heterocycles. The molecule has 0 saturated carbocycles. The van der Waals surface area contributed by atoms with Crippen molar-refractivity contribution in [3.8, 4) is 11.5 Å². The van der Waals surface area contributed by atoms with Crippen molar-refractivity contribution < 1.29 is 28.9 Å². The van der Waals surface area contributed by atoms with Crippen molar-refractivity contribution in [3.63, 3.8) is 0 Å². The summed E-state index contributed by atoms with van der Waals surface area (Å²) in [6.45, 7) is 7.70. The van der Waals surface area contributed by atoms with Crippen LogP contribution in [0.5, 0.6) is 11.5 Å². The first-order chi connectivity index (χ1) is 16.4. The van der Waals surface area contributed by atoms with Gasteiger partial charge in [0.25, 0.3) is 11.7 Å². The number of Topliss-reactive ketones (excluding diaryl/α,β-unsaturated/α-hetero) is 1. The average Bonchev–Trinajstić information content (AvgIpc) is 3.08. The smallest absolute Gasteiger partial charge is 0.295 e. The van der Waals surface area contributed by atoms with Gasteiger partial charge in [-0.15, -0.1) is 0 Å². The Labute approximate surface area is 200 Å². The van der Waals surface area contributed by atoms with Crippen molar-refractivity contribution in [1.29, 1.82) is 0 Å². The molecule has 1 atom stereocenters. The fraction of sp³-hybridized carbons (Fsp3) is 0.407. The van der Waals surface area contributed by atoms with Gasteiger partial charge in [-0.05, 0) is 61.2 Å². The van der Waals surface area contributed by atoms with Gasteiger partial charge in [0.05, 0.1) is 31.4 Å². The Hall–Kier alpha value is -3.32. The third kappa shape index (κ3) is 5.78. The van der Waals surface area contributed by atoms with Crippen LogP contribution in [0, 0.1) is 5.92 Å². The summed E-state index contributed by atoms with van der Waals surface area (Å²) in [6, 6.07) is 13.4. The van der Waals surface area contributed by atoms with Crippen LogP contribution in [0.25, 0.3) is 5.76 Å². The van der Waals surface area contributed by atoms with Crippen molar-refractivity contribution in [2.24, 2.45) is 5.92 Å². The van der Waals surface area contributed by atoms with Crippen LogP contribution in [0.1, 0.15) is 44.4 Å². The van der Waals surface area contributed by atoms with Gasteiger partial charge < -0.3 is 24.2 Å². The molecule has 3 rings (SSSR count). The summed E-state index contributed by atoms with van der Waals surface area (Å²) in [5, 5.41) is 11.2. The van der Waals surface area contributed by atoms with Gasteiger partial charge in [-0.2, -0.15) is 0 Å². The summed E-state index contributed by atoms with van der Waals surface area (Å²) in [4.78, 5) is 27.5. The van der Waals surface area contributed by atoms with E-state index in [9.17, 15) is 14.7 Å². The molecule has 7 heteroatoms. The highest BCUT2D eigenvalue weighted by molar-refractivity contribution is 6.46. The van der Waals surface area contributed by atoms with Crippen LogP contribution in [0.15, 0.2) is 54.1 Å². The zero-order valence-corrected chi connectivity index (χ0v) is 20.2. The Morgan fingerprint density at radius 2 is 1.76 bits per heavy atom. The second-order valence-corrected chi connectivity index (χ2v) is 8.55. The number of hydrogen-bond donors (Lipinski definition) is 1. The van der Waals surface area contributed by atoms with E-state index in [4.69, 9.17) is 14.2 Å². The van der Waals surface area contributed by atoms with Crippen LogP contribution >= 0.6 is 0 Å². The highest BCUT2D eigenvalue weighted by Crippen LogP contribution is 2.40. The molecule has 1 aliphatic heterocycles. The minimum atomic E-state index is -0.754. The number of aliphatic hydroxyl groups is 1. The van der Waals surface area contributed by atoms with Crippen molar-refractivity contribution >= 4 is 17.4 Å². The molecule has 182 valence electrons. The number of likely N-dealkylation sites (tertiary alicyclic amines) is 1. The Morgan fingerprint density at radius 1 is 1.03 bits per heavy atom. The van der Waals surface area contributed by atoms with E-state index in [-0.39, 0.29) is 24.5 Å². The maximum Gasteiger partial charge on any atom is 0.295 e. The summed E-state index contributed by atoms with van der Waals surface area (Å²) in [5.74, 6) is 0.203. The number of carbonyl (C=O) groups excluding carboxylic acids is 2. The van der Waals surface area contributed by atoms with E-state index in [1.165, 1.54) is 12.0 Å². The van der Waals surface area contributed by atoms with E-state index in [0.717, 1.165) is 6.42 Å². The van der Waals surface area contributed by atoms with E-state index < -0.39 is 17.7 Å². The molecule has 34 heavy (non-hydrogen) atoms. The van der Waals surface area contributed by atoms with E-state index in [0.29, 0.717) is 41.8 Å². The lowest BCUT2D eigenvalue weighted by molar-refractivity contribution is -0.140. The first kappa shape index (κ1) is 25.3. The molecule has 0 radical (unpaired) electrons. The molecule has 1 fully saturated rings. The summed E-state index contributed by atoms with van der Waals surface area (Å²) < 4.78 is 16.5. The molecule has 0 aliphatic carbocycles. The second-order valence-electron chi connectivity index (χ2n) is 8.55. The largest absolute Gasteiger partial charge is 0.507 e. The number of amides is 1. The van der Waals surface area contributed by atoms with E-state index in [1.807, 2.05) is 31.2 Å². The molecule has 2 aromatic carbocycles. The zero-order valence-electron chi connectivity index (χ0n) is 20.2. The second kappa shape index (κ2) is 11.7. The van der Waals surface area contributed by atoms with Crippen LogP contribution in [0.3, 0.4) is 0 Å². The van der Waals surface area contributed by atoms with Gasteiger partial charge >= 0.3 is 0 Å². The van der Waals surface area contributed by atoms with Crippen molar-refractivity contribution in [2.75, 3.05) is 33.5 Å². The first-order valence-electron chi connectivity index (χ1n) is 11.6. The first-order valence-corrected chi connectivity index (χ1v) is 11.6. The molecule has 7 nitrogen and oxygen atoms in total. The molecule has 1 aliphatic rings. The number of nitrogens with zero attached hydrogens (tertiary/aromatic N) is 1. The Kier molecular flexibility index (Phi) is 8.71. The third-order valence-corrected chi connectivity index (χ3v) is 5.65. The lowest BCUT2D eigenvalue weighted by Crippen LogP contribution is -2.32. The van der Waals surface area contributed by atoms with Crippen LogP contribution < -0.4 is 9.47 Å². The molecule has 0 bridgehead atoms. The van der Waals surface area contributed by atoms with Gasteiger partial charge in [0.2, 0.25) is 0 Å². The van der Waals surface area contributed by atoms with E-state index >= 15 is 0 Å². The van der Waals surface area contributed by atoms with E-state index in [1.54, 1.807) is 24.3 Å². The number of ether oxygens (including phenoxy) is 3. The van der Waals surface area contributed by atoms with Crippen LogP contribution in [0.2, 0.25) is 0 Å². The van der Waals surface area contributed by atoms with Crippen LogP contribution in [-0.4, -0.2) is 55.2 Å². The van der Waals surface area contributed by atoms with Gasteiger partial charge in [0.1, 0.15) is 17.3 Å². The molecule has 2 aromatic rings. The standard InChI is InChI=1S/C27H33NO6/c1-5-33-21-11-9-19(10-12-21)25(29)23-24(28(14-16-32-4)27(31)26(23)30)20-7-6-8-22(17-20)34-15-13-18(2)3/h6-12,17-18,24,29H,5,13-16H2,1-4H3. The number of benzene rings is 2. The maximum absolute atomic E-state index is 13.1. The lowest BCUT2D eigenvalue weighted by Gasteiger charge is -2.25. The van der Waals surface area contributed by atoms with Gasteiger partial charge in [-0.3, -0.25) is 9.59 Å². The van der Waals surface area contributed by atoms with Crippen molar-refractivity contribution in [3.05, 3.63) is 65.2 Å². The number of aliphatic hydroxyl groups excluding tert-OH is 1. The van der Waals surface area contributed by atoms with Gasteiger partial charge in [-0.1, -0.05) is 26.0 Å². The van der Waals surface area contributed by atoms with Gasteiger partial charge in [-0.25, -0.2) is 0 Å². The Balaban J connectivity index is 2.02. The number of carbonyl (C=O) groups is 2. The Morgan fingerprint density at radius 3 is 2.41 bits per heavy atom. The average molecular weight is 468 g/mol. The quantitative estimate of drug-likeness (QED) is 0.296. The predicted octanol–water partition coefficient (Wildman–Crippen LogP) is 4.58. The fourth-order valence-corrected chi connectivity index (χ4v) is 3.86. The number of methoxy groups -OCH3 is 1. The van der Waals surface area contributed by atoms with Crippen LogP contribution in [0.4, 0.5) is 0 Å². The highest BCUT2D eigenvalue weighted by atomic mass is 16.5. The lowest BCUT2D eigenvalue weighted by atomic mass is 9.95. The molecule has 1 saturated heterocycles. The molecule has 1 unspecified atom stereocenters. The number of rotatable bonds is 11. The summed E-state index contributed by atoms with van der Waals surface area (Å²) >= 11 is 0. The number of hydrogen-bond acceptors (Lipinski definition) is 6. The Bertz CT molecular complexity index is 1030. The third-order valence-electron chi connectivity index (χ3n) is 5.65. The maximum atomic E-state index is 13.1. The van der Waals surface area contributed by atoms with Crippen molar-refractivity contribution in [2.45, 2.75) is 33.2 Å². The molecule has 0 aromatic heterocycles. The summed E-state index contributed by atoms with van der Waals surface area (Å²) in [6.07, 6.45) is 0.911. The molecular weight excluding hydrogens is 434 g/mol.